The molecule has 0 aliphatic heterocycles. The summed E-state index contributed by atoms with van der Waals surface area (Å²) in [5.74, 6) is 6.84. The van der Waals surface area contributed by atoms with Crippen molar-refractivity contribution in [2.24, 2.45) is 0 Å². The molecule has 0 atom stereocenters. The van der Waals surface area contributed by atoms with E-state index < -0.39 is 0 Å². The largest absolute Gasteiger partial charge is 0.0800 e. The van der Waals surface area contributed by atoms with Crippen LogP contribution in [0.25, 0.3) is 0 Å². The molecule has 0 fully saturated rings. The zero-order valence-corrected chi connectivity index (χ0v) is 14.9. The second kappa shape index (κ2) is 7.74. The standard InChI is InChI=1S/C16H18I2/c17-16(18)15(14-9-5-2-6-10-14)12-11-13-7-3-1-4-8-13/h7,9H,1-6,8,10H2. The van der Waals surface area contributed by atoms with Crippen LogP contribution in [0.15, 0.2) is 30.5 Å². The predicted octanol–water partition coefficient (Wildman–Crippen LogP) is 6.07. The molecule has 0 radical (unpaired) electrons. The van der Waals surface area contributed by atoms with E-state index in [1.165, 1.54) is 69.7 Å². The first-order valence-corrected chi connectivity index (χ1v) is 8.89. The zero-order valence-electron chi connectivity index (χ0n) is 10.6. The van der Waals surface area contributed by atoms with Crippen LogP contribution in [0.2, 0.25) is 0 Å². The highest BCUT2D eigenvalue weighted by Gasteiger charge is 2.10. The van der Waals surface area contributed by atoms with Crippen molar-refractivity contribution in [2.75, 3.05) is 0 Å². The molecule has 0 spiro atoms. The van der Waals surface area contributed by atoms with Crippen LogP contribution in [0.1, 0.15) is 51.4 Å². The van der Waals surface area contributed by atoms with Gasteiger partial charge in [0.25, 0.3) is 0 Å². The monoisotopic (exact) mass is 464 g/mol. The van der Waals surface area contributed by atoms with Crippen LogP contribution >= 0.6 is 45.2 Å². The van der Waals surface area contributed by atoms with E-state index in [2.05, 4.69) is 69.2 Å². The number of hydrogen-bond donors (Lipinski definition) is 0. The lowest BCUT2D eigenvalue weighted by Gasteiger charge is -2.13. The van der Waals surface area contributed by atoms with E-state index in [9.17, 15) is 0 Å². The van der Waals surface area contributed by atoms with Crippen LogP contribution in [0.3, 0.4) is 0 Å². The van der Waals surface area contributed by atoms with Gasteiger partial charge in [0, 0.05) is 5.57 Å². The highest BCUT2D eigenvalue weighted by molar-refractivity contribution is 14.2. The second-order valence-electron chi connectivity index (χ2n) is 4.84. The van der Waals surface area contributed by atoms with Crippen molar-refractivity contribution in [1.29, 1.82) is 0 Å². The molecule has 18 heavy (non-hydrogen) atoms. The lowest BCUT2D eigenvalue weighted by molar-refractivity contribution is 0.709. The Hall–Kier alpha value is 0.240. The normalized spacial score (nSPS) is 19.2. The van der Waals surface area contributed by atoms with Crippen LogP contribution in [-0.4, -0.2) is 0 Å². The highest BCUT2D eigenvalue weighted by Crippen LogP contribution is 2.31. The third-order valence-electron chi connectivity index (χ3n) is 3.44. The van der Waals surface area contributed by atoms with Crippen molar-refractivity contribution >= 4 is 45.2 Å². The zero-order chi connectivity index (χ0) is 12.8. The first-order chi connectivity index (χ1) is 8.77. The lowest BCUT2D eigenvalue weighted by atomic mass is 9.94. The molecule has 0 unspecified atom stereocenters. The molecule has 0 heterocycles. The van der Waals surface area contributed by atoms with Crippen LogP contribution in [0.4, 0.5) is 0 Å². The summed E-state index contributed by atoms with van der Waals surface area (Å²) >= 11 is 4.81. The van der Waals surface area contributed by atoms with Gasteiger partial charge in [-0.3, -0.25) is 0 Å². The van der Waals surface area contributed by atoms with Gasteiger partial charge < -0.3 is 0 Å². The minimum Gasteiger partial charge on any atom is -0.0800 e. The molecule has 0 nitrogen and oxygen atoms in total. The molecule has 0 amide bonds. The first-order valence-electron chi connectivity index (χ1n) is 6.73. The molecule has 0 saturated heterocycles. The van der Waals surface area contributed by atoms with Crippen LogP contribution in [0, 0.1) is 11.8 Å². The lowest BCUT2D eigenvalue weighted by Crippen LogP contribution is -1.95. The Morgan fingerprint density at radius 2 is 1.67 bits per heavy atom. The molecule has 2 heteroatoms. The second-order valence-corrected chi connectivity index (χ2v) is 9.06. The average Bonchev–Trinajstić information content (AvgIpc) is 2.41. The Morgan fingerprint density at radius 1 is 0.944 bits per heavy atom. The third kappa shape index (κ3) is 4.41. The molecule has 2 aliphatic carbocycles. The maximum absolute atomic E-state index is 3.44. The van der Waals surface area contributed by atoms with E-state index in [0.717, 1.165) is 0 Å². The molecule has 0 aromatic carbocycles. The maximum Gasteiger partial charge on any atom is 0.0673 e. The van der Waals surface area contributed by atoms with Gasteiger partial charge in [-0.2, -0.15) is 0 Å². The van der Waals surface area contributed by atoms with E-state index in [4.69, 9.17) is 0 Å². The van der Waals surface area contributed by atoms with Gasteiger partial charge in [0.15, 0.2) is 0 Å². The molecule has 2 aliphatic rings. The maximum atomic E-state index is 3.44. The molecule has 96 valence electrons. The van der Waals surface area contributed by atoms with Crippen molar-refractivity contribution in [2.45, 2.75) is 51.4 Å². The Labute approximate surface area is 138 Å². The van der Waals surface area contributed by atoms with Gasteiger partial charge in [0.1, 0.15) is 0 Å². The number of allylic oxidation sites excluding steroid dienone is 5. The summed E-state index contributed by atoms with van der Waals surface area (Å²) in [7, 11) is 0. The number of rotatable bonds is 1. The Bertz CT molecular complexity index is 451. The fourth-order valence-corrected chi connectivity index (χ4v) is 3.37. The molecule has 0 bridgehead atoms. The topological polar surface area (TPSA) is 0 Å². The van der Waals surface area contributed by atoms with Crippen LogP contribution < -0.4 is 0 Å². The van der Waals surface area contributed by atoms with Gasteiger partial charge in [-0.15, -0.1) is 0 Å². The van der Waals surface area contributed by atoms with E-state index >= 15 is 0 Å². The Balaban J connectivity index is 2.17. The summed E-state index contributed by atoms with van der Waals surface area (Å²) in [6.07, 6.45) is 14.8. The predicted molar refractivity (Wildman–Crippen MR) is 95.9 cm³/mol. The van der Waals surface area contributed by atoms with Crippen molar-refractivity contribution in [1.82, 2.24) is 0 Å². The van der Waals surface area contributed by atoms with Crippen LogP contribution in [-0.2, 0) is 0 Å². The van der Waals surface area contributed by atoms with E-state index in [0.29, 0.717) is 0 Å². The quantitative estimate of drug-likeness (QED) is 0.327. The number of hydrogen-bond acceptors (Lipinski definition) is 0. The summed E-state index contributed by atoms with van der Waals surface area (Å²) in [4.78, 5) is 0. The van der Waals surface area contributed by atoms with Crippen LogP contribution in [0.5, 0.6) is 0 Å². The molecular weight excluding hydrogens is 446 g/mol. The van der Waals surface area contributed by atoms with Crippen molar-refractivity contribution in [3.63, 3.8) is 0 Å². The minimum atomic E-state index is 1.18. The highest BCUT2D eigenvalue weighted by atomic mass is 127. The molecule has 0 N–H and O–H groups in total. The molecule has 0 aromatic heterocycles. The SMILES string of the molecule is IC(I)=C(C#CC1=CCCCC1)C1=CCCCC1. The van der Waals surface area contributed by atoms with E-state index in [-0.39, 0.29) is 0 Å². The Kier molecular flexibility index (Phi) is 6.30. The van der Waals surface area contributed by atoms with Gasteiger partial charge in [-0.25, -0.2) is 0 Å². The average molecular weight is 464 g/mol. The first kappa shape index (κ1) is 14.6. The van der Waals surface area contributed by atoms with Gasteiger partial charge >= 0.3 is 0 Å². The summed E-state index contributed by atoms with van der Waals surface area (Å²) < 4.78 is 1.31. The van der Waals surface area contributed by atoms with Gasteiger partial charge in [0.2, 0.25) is 0 Å². The molecule has 0 saturated carbocycles. The van der Waals surface area contributed by atoms with Gasteiger partial charge in [0.05, 0.1) is 1.59 Å². The van der Waals surface area contributed by atoms with Crippen molar-refractivity contribution < 1.29 is 0 Å². The molecule has 0 aromatic rings. The summed E-state index contributed by atoms with van der Waals surface area (Å²) in [6.45, 7) is 0. The van der Waals surface area contributed by atoms with E-state index in [1.54, 1.807) is 0 Å². The summed E-state index contributed by atoms with van der Waals surface area (Å²) in [5, 5.41) is 0. The molecular formula is C16H18I2. The molecule has 2 rings (SSSR count). The van der Waals surface area contributed by atoms with Gasteiger partial charge in [-0.05, 0) is 108 Å². The van der Waals surface area contributed by atoms with Crippen molar-refractivity contribution in [3.8, 4) is 11.8 Å². The summed E-state index contributed by atoms with van der Waals surface area (Å²) in [5.41, 5.74) is 4.11. The van der Waals surface area contributed by atoms with Crippen molar-refractivity contribution in [3.05, 3.63) is 30.5 Å². The number of halogens is 2. The van der Waals surface area contributed by atoms with E-state index in [1.807, 2.05) is 0 Å². The smallest absolute Gasteiger partial charge is 0.0673 e. The van der Waals surface area contributed by atoms with Gasteiger partial charge in [-0.1, -0.05) is 24.0 Å². The fraction of sp³-hybridized carbons (Fsp3) is 0.500. The summed E-state index contributed by atoms with van der Waals surface area (Å²) in [6, 6.07) is 0. The third-order valence-corrected chi connectivity index (χ3v) is 4.52. The minimum absolute atomic E-state index is 1.18. The fourth-order valence-electron chi connectivity index (χ4n) is 2.41. The Morgan fingerprint density at radius 3 is 2.22 bits per heavy atom.